The molecule has 0 aliphatic carbocycles. The van der Waals surface area contributed by atoms with Crippen LogP contribution in [-0.2, 0) is 13.6 Å². The zero-order chi connectivity index (χ0) is 10.1. The fourth-order valence-electron chi connectivity index (χ4n) is 1.20. The number of aromatic nitrogens is 5. The van der Waals surface area contributed by atoms with Crippen molar-refractivity contribution in [3.63, 3.8) is 0 Å². The Morgan fingerprint density at radius 1 is 1.50 bits per heavy atom. The molecule has 0 spiro atoms. The molecule has 0 aliphatic rings. The van der Waals surface area contributed by atoms with Crippen LogP contribution in [0.5, 0.6) is 0 Å². The monoisotopic (exact) mass is 192 g/mol. The summed E-state index contributed by atoms with van der Waals surface area (Å²) in [5, 5.41) is 11.9. The van der Waals surface area contributed by atoms with E-state index in [1.54, 1.807) is 17.2 Å². The number of aryl methyl sites for hydroxylation is 1. The largest absolute Gasteiger partial charge is 0.396 e. The van der Waals surface area contributed by atoms with E-state index in [4.69, 9.17) is 5.73 Å². The first-order valence-corrected chi connectivity index (χ1v) is 4.29. The highest BCUT2D eigenvalue weighted by atomic mass is 15.3. The van der Waals surface area contributed by atoms with Crippen molar-refractivity contribution in [3.8, 4) is 0 Å². The molecular weight excluding hydrogens is 180 g/mol. The van der Waals surface area contributed by atoms with Crippen molar-refractivity contribution in [2.45, 2.75) is 13.5 Å². The summed E-state index contributed by atoms with van der Waals surface area (Å²) in [6.07, 6.45) is 3.31. The van der Waals surface area contributed by atoms with E-state index in [1.807, 2.05) is 18.5 Å². The van der Waals surface area contributed by atoms with Crippen molar-refractivity contribution >= 4 is 5.69 Å². The van der Waals surface area contributed by atoms with E-state index < -0.39 is 0 Å². The number of nitrogens with two attached hydrogens (primary N) is 1. The van der Waals surface area contributed by atoms with Crippen LogP contribution in [0.2, 0.25) is 0 Å². The lowest BCUT2D eigenvalue weighted by molar-refractivity contribution is 0.615. The van der Waals surface area contributed by atoms with Crippen LogP contribution in [-0.4, -0.2) is 24.5 Å². The van der Waals surface area contributed by atoms with Crippen molar-refractivity contribution in [2.75, 3.05) is 5.73 Å². The minimum absolute atomic E-state index is 0.597. The summed E-state index contributed by atoms with van der Waals surface area (Å²) < 4.78 is 3.66. The Kier molecular flexibility index (Phi) is 1.95. The number of hydrogen-bond donors (Lipinski definition) is 1. The van der Waals surface area contributed by atoms with Gasteiger partial charge in [0.05, 0.1) is 17.6 Å². The molecule has 0 unspecified atom stereocenters. The zero-order valence-corrected chi connectivity index (χ0v) is 8.18. The van der Waals surface area contributed by atoms with Gasteiger partial charge in [0.25, 0.3) is 0 Å². The third-order valence-electron chi connectivity index (χ3n) is 2.24. The number of rotatable bonds is 2. The van der Waals surface area contributed by atoms with E-state index in [-0.39, 0.29) is 0 Å². The van der Waals surface area contributed by atoms with Crippen molar-refractivity contribution in [3.05, 3.63) is 24.0 Å². The summed E-state index contributed by atoms with van der Waals surface area (Å²) in [5.41, 5.74) is 7.33. The van der Waals surface area contributed by atoms with Crippen LogP contribution >= 0.6 is 0 Å². The van der Waals surface area contributed by atoms with Gasteiger partial charge >= 0.3 is 0 Å². The number of nitrogen functional groups attached to an aromatic ring is 1. The van der Waals surface area contributed by atoms with Gasteiger partial charge in [-0.1, -0.05) is 0 Å². The minimum Gasteiger partial charge on any atom is -0.396 e. The molecular formula is C8H12N6. The first-order valence-electron chi connectivity index (χ1n) is 4.29. The molecule has 74 valence electrons. The average molecular weight is 192 g/mol. The second kappa shape index (κ2) is 3.13. The number of hydrogen-bond acceptors (Lipinski definition) is 4. The molecule has 2 heterocycles. The van der Waals surface area contributed by atoms with Crippen molar-refractivity contribution in [2.24, 2.45) is 7.05 Å². The Hall–Kier alpha value is -1.85. The first-order chi connectivity index (χ1) is 6.68. The van der Waals surface area contributed by atoms with E-state index in [0.29, 0.717) is 12.2 Å². The van der Waals surface area contributed by atoms with E-state index in [1.165, 1.54) is 0 Å². The predicted octanol–water partition coefficient (Wildman–Crippen LogP) is -0.0495. The Morgan fingerprint density at radius 2 is 2.29 bits per heavy atom. The molecule has 2 N–H and O–H groups in total. The molecule has 0 fully saturated rings. The third kappa shape index (κ3) is 1.34. The molecule has 0 aromatic carbocycles. The van der Waals surface area contributed by atoms with Gasteiger partial charge in [0.1, 0.15) is 12.9 Å². The van der Waals surface area contributed by atoms with Crippen LogP contribution in [0.25, 0.3) is 0 Å². The van der Waals surface area contributed by atoms with Gasteiger partial charge in [0.15, 0.2) is 5.82 Å². The van der Waals surface area contributed by atoms with Crippen LogP contribution in [0, 0.1) is 6.92 Å². The fourth-order valence-corrected chi connectivity index (χ4v) is 1.20. The van der Waals surface area contributed by atoms with Gasteiger partial charge in [-0.25, -0.2) is 0 Å². The Bertz CT molecular complexity index is 440. The summed E-state index contributed by atoms with van der Waals surface area (Å²) in [4.78, 5) is 0. The highest BCUT2D eigenvalue weighted by molar-refractivity contribution is 5.39. The lowest BCUT2D eigenvalue weighted by Gasteiger charge is -2.03. The van der Waals surface area contributed by atoms with Crippen molar-refractivity contribution in [1.29, 1.82) is 0 Å². The lowest BCUT2D eigenvalue weighted by atomic mass is 10.4. The molecule has 6 nitrogen and oxygen atoms in total. The van der Waals surface area contributed by atoms with Gasteiger partial charge in [-0.2, -0.15) is 5.10 Å². The Balaban J connectivity index is 2.27. The van der Waals surface area contributed by atoms with E-state index >= 15 is 0 Å². The summed E-state index contributed by atoms with van der Waals surface area (Å²) in [5.74, 6) is 0.858. The highest BCUT2D eigenvalue weighted by Gasteiger charge is 2.06. The molecule has 2 aromatic heterocycles. The molecule has 0 atom stereocenters. The summed E-state index contributed by atoms with van der Waals surface area (Å²) in [6.45, 7) is 2.53. The molecule has 2 rings (SSSR count). The third-order valence-corrected chi connectivity index (χ3v) is 2.24. The fraction of sp³-hybridized carbons (Fsp3) is 0.375. The zero-order valence-electron chi connectivity index (χ0n) is 8.18. The molecule has 2 aromatic rings. The summed E-state index contributed by atoms with van der Waals surface area (Å²) >= 11 is 0. The first kappa shape index (κ1) is 8.74. The standard InChI is InChI=1S/C8H12N6/c1-6-7(9)3-11-14(6)4-8-12-10-5-13(8)2/h3,5H,4,9H2,1-2H3. The normalized spacial score (nSPS) is 10.7. The number of nitrogens with zero attached hydrogens (tertiary/aromatic N) is 5. The maximum atomic E-state index is 5.68. The topological polar surface area (TPSA) is 74.6 Å². The molecule has 0 aliphatic heterocycles. The maximum Gasteiger partial charge on any atom is 0.154 e. The van der Waals surface area contributed by atoms with Gasteiger partial charge in [0.2, 0.25) is 0 Å². The molecule has 0 saturated heterocycles. The van der Waals surface area contributed by atoms with E-state index in [9.17, 15) is 0 Å². The minimum atomic E-state index is 0.597. The number of anilines is 1. The van der Waals surface area contributed by atoms with Gasteiger partial charge in [-0.3, -0.25) is 4.68 Å². The smallest absolute Gasteiger partial charge is 0.154 e. The SMILES string of the molecule is Cc1c(N)cnn1Cc1nncn1C. The molecule has 14 heavy (non-hydrogen) atoms. The average Bonchev–Trinajstić information content (AvgIpc) is 2.68. The summed E-state index contributed by atoms with van der Waals surface area (Å²) in [7, 11) is 1.90. The molecule has 0 bridgehead atoms. The second-order valence-corrected chi connectivity index (χ2v) is 3.20. The highest BCUT2D eigenvalue weighted by Crippen LogP contribution is 2.09. The maximum absolute atomic E-state index is 5.68. The van der Waals surface area contributed by atoms with Gasteiger partial charge in [-0.15, -0.1) is 10.2 Å². The van der Waals surface area contributed by atoms with E-state index in [0.717, 1.165) is 11.5 Å². The van der Waals surface area contributed by atoms with E-state index in [2.05, 4.69) is 15.3 Å². The molecule has 0 radical (unpaired) electrons. The predicted molar refractivity (Wildman–Crippen MR) is 51.5 cm³/mol. The van der Waals surface area contributed by atoms with Crippen molar-refractivity contribution < 1.29 is 0 Å². The van der Waals surface area contributed by atoms with Gasteiger partial charge in [-0.05, 0) is 6.92 Å². The molecule has 0 amide bonds. The Labute approximate surface area is 81.4 Å². The van der Waals surface area contributed by atoms with Crippen LogP contribution in [0.3, 0.4) is 0 Å². The van der Waals surface area contributed by atoms with Crippen LogP contribution in [0.4, 0.5) is 5.69 Å². The molecule has 6 heteroatoms. The Morgan fingerprint density at radius 3 is 2.79 bits per heavy atom. The lowest BCUT2D eigenvalue weighted by Crippen LogP contribution is -2.08. The van der Waals surface area contributed by atoms with Crippen molar-refractivity contribution in [1.82, 2.24) is 24.5 Å². The quantitative estimate of drug-likeness (QED) is 0.724. The van der Waals surface area contributed by atoms with Crippen LogP contribution in [0.1, 0.15) is 11.5 Å². The molecule has 0 saturated carbocycles. The van der Waals surface area contributed by atoms with Gasteiger partial charge in [0, 0.05) is 7.05 Å². The van der Waals surface area contributed by atoms with Crippen LogP contribution in [0.15, 0.2) is 12.5 Å². The second-order valence-electron chi connectivity index (χ2n) is 3.20. The van der Waals surface area contributed by atoms with Gasteiger partial charge < -0.3 is 10.3 Å². The van der Waals surface area contributed by atoms with Crippen LogP contribution < -0.4 is 5.73 Å². The summed E-state index contributed by atoms with van der Waals surface area (Å²) in [6, 6.07) is 0.